The van der Waals surface area contributed by atoms with E-state index in [0.29, 0.717) is 6.04 Å². The summed E-state index contributed by atoms with van der Waals surface area (Å²) >= 11 is 1.76. The summed E-state index contributed by atoms with van der Waals surface area (Å²) in [6.45, 7) is 4.40. The van der Waals surface area contributed by atoms with E-state index in [2.05, 4.69) is 50.9 Å². The third-order valence-electron chi connectivity index (χ3n) is 3.59. The number of piperazine rings is 1. The first kappa shape index (κ1) is 12.8. The number of hydrogen-bond donors (Lipinski definition) is 1. The Morgan fingerprint density at radius 2 is 2.21 bits per heavy atom. The summed E-state index contributed by atoms with van der Waals surface area (Å²) in [4.78, 5) is 6.89. The van der Waals surface area contributed by atoms with Crippen LogP contribution in [0.3, 0.4) is 0 Å². The highest BCUT2D eigenvalue weighted by atomic mass is 32.1. The Kier molecular flexibility index (Phi) is 4.23. The fourth-order valence-electron chi connectivity index (χ4n) is 2.55. The van der Waals surface area contributed by atoms with Gasteiger partial charge in [0.1, 0.15) is 0 Å². The van der Waals surface area contributed by atoms with Crippen molar-refractivity contribution in [2.75, 3.05) is 26.2 Å². The second kappa shape index (κ2) is 6.28. The summed E-state index contributed by atoms with van der Waals surface area (Å²) in [5.74, 6) is 0. The van der Waals surface area contributed by atoms with E-state index < -0.39 is 0 Å². The minimum atomic E-state index is 0.464. The normalized spacial score (nSPS) is 20.5. The van der Waals surface area contributed by atoms with Gasteiger partial charge in [-0.05, 0) is 5.56 Å². The van der Waals surface area contributed by atoms with Crippen molar-refractivity contribution in [3.05, 3.63) is 52.5 Å². The van der Waals surface area contributed by atoms with Crippen molar-refractivity contribution in [2.45, 2.75) is 12.5 Å². The van der Waals surface area contributed by atoms with Crippen LogP contribution in [0.25, 0.3) is 0 Å². The summed E-state index contributed by atoms with van der Waals surface area (Å²) < 4.78 is 0. The van der Waals surface area contributed by atoms with Crippen molar-refractivity contribution in [3.63, 3.8) is 0 Å². The summed E-state index contributed by atoms with van der Waals surface area (Å²) in [6.07, 6.45) is 2.96. The molecule has 3 nitrogen and oxygen atoms in total. The van der Waals surface area contributed by atoms with Crippen LogP contribution in [0.5, 0.6) is 0 Å². The fraction of sp³-hybridized carbons (Fsp3) is 0.400. The molecule has 4 heteroatoms. The molecule has 1 aromatic carbocycles. The van der Waals surface area contributed by atoms with E-state index in [1.54, 1.807) is 11.3 Å². The Bertz CT molecular complexity index is 483. The van der Waals surface area contributed by atoms with Crippen LogP contribution in [-0.2, 0) is 6.42 Å². The zero-order valence-electron chi connectivity index (χ0n) is 11.0. The first-order chi connectivity index (χ1) is 9.42. The summed E-state index contributed by atoms with van der Waals surface area (Å²) in [5, 5.41) is 6.90. The number of thiazole rings is 1. The van der Waals surface area contributed by atoms with Crippen LogP contribution in [0.4, 0.5) is 0 Å². The monoisotopic (exact) mass is 273 g/mol. The van der Waals surface area contributed by atoms with Crippen LogP contribution in [0, 0.1) is 0 Å². The van der Waals surface area contributed by atoms with Crippen molar-refractivity contribution in [1.29, 1.82) is 0 Å². The molecule has 2 heterocycles. The molecule has 0 saturated carbocycles. The van der Waals surface area contributed by atoms with Crippen LogP contribution in [-0.4, -0.2) is 36.1 Å². The van der Waals surface area contributed by atoms with Gasteiger partial charge in [-0.3, -0.25) is 4.90 Å². The van der Waals surface area contributed by atoms with Crippen LogP contribution >= 0.6 is 11.3 Å². The largest absolute Gasteiger partial charge is 0.308 e. The number of nitrogens with zero attached hydrogens (tertiary/aromatic N) is 2. The van der Waals surface area contributed by atoms with Gasteiger partial charge >= 0.3 is 0 Å². The number of rotatable bonds is 4. The highest BCUT2D eigenvalue weighted by molar-refractivity contribution is 7.09. The number of nitrogens with one attached hydrogen (secondary N) is 1. The maximum absolute atomic E-state index is 4.35. The van der Waals surface area contributed by atoms with E-state index in [-0.39, 0.29) is 0 Å². The number of hydrogen-bond acceptors (Lipinski definition) is 4. The highest BCUT2D eigenvalue weighted by Gasteiger charge is 2.20. The third kappa shape index (κ3) is 3.41. The molecule has 1 aromatic heterocycles. The van der Waals surface area contributed by atoms with Gasteiger partial charge in [-0.15, -0.1) is 11.3 Å². The number of aromatic nitrogens is 1. The van der Waals surface area contributed by atoms with Crippen molar-refractivity contribution in [3.8, 4) is 0 Å². The van der Waals surface area contributed by atoms with Gasteiger partial charge in [-0.1, -0.05) is 30.3 Å². The van der Waals surface area contributed by atoms with Crippen molar-refractivity contribution in [2.24, 2.45) is 0 Å². The third-order valence-corrected chi connectivity index (χ3v) is 4.43. The van der Waals surface area contributed by atoms with Crippen LogP contribution in [0.1, 0.15) is 16.6 Å². The van der Waals surface area contributed by atoms with E-state index in [0.717, 1.165) is 32.6 Å². The van der Waals surface area contributed by atoms with Gasteiger partial charge in [0.15, 0.2) is 0 Å². The molecule has 1 aliphatic heterocycles. The lowest BCUT2D eigenvalue weighted by Crippen LogP contribution is -2.46. The standard InChI is InChI=1S/C15H19N3S/c1-2-4-13(5-3-1)14-12-18(10-7-16-14)9-6-15-17-8-11-19-15/h1-5,8,11,14,16H,6-7,9-10,12H2. The lowest BCUT2D eigenvalue weighted by Gasteiger charge is -2.33. The van der Waals surface area contributed by atoms with Crippen molar-refractivity contribution >= 4 is 11.3 Å². The average Bonchev–Trinajstić information content (AvgIpc) is 3.00. The second-order valence-corrected chi connectivity index (χ2v) is 5.87. The summed E-state index contributed by atoms with van der Waals surface area (Å²) in [7, 11) is 0. The van der Waals surface area contributed by atoms with E-state index in [1.165, 1.54) is 10.6 Å². The van der Waals surface area contributed by atoms with Crippen LogP contribution in [0.2, 0.25) is 0 Å². The molecular formula is C15H19N3S. The van der Waals surface area contributed by atoms with Crippen molar-refractivity contribution < 1.29 is 0 Å². The zero-order valence-corrected chi connectivity index (χ0v) is 11.8. The fourth-order valence-corrected chi connectivity index (χ4v) is 3.16. The molecule has 100 valence electrons. The van der Waals surface area contributed by atoms with E-state index in [1.807, 2.05) is 6.20 Å². The van der Waals surface area contributed by atoms with Gasteiger partial charge in [0.05, 0.1) is 5.01 Å². The molecule has 1 unspecified atom stereocenters. The Balaban J connectivity index is 1.56. The Morgan fingerprint density at radius 1 is 1.32 bits per heavy atom. The maximum Gasteiger partial charge on any atom is 0.0937 e. The van der Waals surface area contributed by atoms with Gasteiger partial charge in [0.25, 0.3) is 0 Å². The van der Waals surface area contributed by atoms with Gasteiger partial charge in [-0.25, -0.2) is 4.98 Å². The average molecular weight is 273 g/mol. The molecule has 0 aliphatic carbocycles. The molecule has 1 saturated heterocycles. The lowest BCUT2D eigenvalue weighted by molar-refractivity contribution is 0.203. The summed E-state index contributed by atoms with van der Waals surface area (Å²) in [6, 6.07) is 11.2. The van der Waals surface area contributed by atoms with E-state index in [9.17, 15) is 0 Å². The minimum Gasteiger partial charge on any atom is -0.308 e. The van der Waals surface area contributed by atoms with Gasteiger partial charge in [-0.2, -0.15) is 0 Å². The predicted octanol–water partition coefficient (Wildman–Crippen LogP) is 2.33. The molecule has 0 spiro atoms. The topological polar surface area (TPSA) is 28.2 Å². The van der Waals surface area contributed by atoms with Gasteiger partial charge in [0, 0.05) is 50.2 Å². The zero-order chi connectivity index (χ0) is 12.9. The van der Waals surface area contributed by atoms with E-state index in [4.69, 9.17) is 0 Å². The summed E-state index contributed by atoms with van der Waals surface area (Å²) in [5.41, 5.74) is 1.39. The molecule has 1 fully saturated rings. The van der Waals surface area contributed by atoms with E-state index >= 15 is 0 Å². The molecule has 1 atom stereocenters. The smallest absolute Gasteiger partial charge is 0.0937 e. The SMILES string of the molecule is c1ccc(C2CN(CCc3nccs3)CCN2)cc1. The molecule has 3 rings (SSSR count). The highest BCUT2D eigenvalue weighted by Crippen LogP contribution is 2.17. The maximum atomic E-state index is 4.35. The Hall–Kier alpha value is -1.23. The molecule has 2 aromatic rings. The van der Waals surface area contributed by atoms with Crippen LogP contribution < -0.4 is 5.32 Å². The van der Waals surface area contributed by atoms with Gasteiger partial charge in [0.2, 0.25) is 0 Å². The first-order valence-electron chi connectivity index (χ1n) is 6.81. The molecule has 1 aliphatic rings. The molecule has 0 radical (unpaired) electrons. The second-order valence-electron chi connectivity index (χ2n) is 4.89. The molecule has 19 heavy (non-hydrogen) atoms. The molecule has 1 N–H and O–H groups in total. The van der Waals surface area contributed by atoms with Crippen LogP contribution in [0.15, 0.2) is 41.9 Å². The molecular weight excluding hydrogens is 254 g/mol. The van der Waals surface area contributed by atoms with Gasteiger partial charge < -0.3 is 5.32 Å². The minimum absolute atomic E-state index is 0.464. The number of benzene rings is 1. The Labute approximate surface area is 118 Å². The first-order valence-corrected chi connectivity index (χ1v) is 7.69. The molecule has 0 amide bonds. The Morgan fingerprint density at radius 3 is 3.00 bits per heavy atom. The predicted molar refractivity (Wildman–Crippen MR) is 79.4 cm³/mol. The lowest BCUT2D eigenvalue weighted by atomic mass is 10.0. The quantitative estimate of drug-likeness (QED) is 0.927. The van der Waals surface area contributed by atoms with Crippen molar-refractivity contribution in [1.82, 2.24) is 15.2 Å². The molecule has 0 bridgehead atoms.